The molecule has 6 heteroatoms. The van der Waals surface area contributed by atoms with Gasteiger partial charge in [0.2, 0.25) is 5.82 Å². The molecule has 1 aliphatic heterocycles. The van der Waals surface area contributed by atoms with Crippen LogP contribution < -0.4 is 10.2 Å². The molecule has 0 spiro atoms. The van der Waals surface area contributed by atoms with Crippen LogP contribution in [0.15, 0.2) is 18.2 Å². The van der Waals surface area contributed by atoms with E-state index in [1.54, 1.807) is 6.07 Å². The Morgan fingerprint density at radius 3 is 2.69 bits per heavy atom. The number of nitrogens with one attached hydrogen (secondary N) is 1. The third kappa shape index (κ3) is 2.11. The molecule has 1 saturated heterocycles. The normalized spacial score (nSPS) is 16.2. The first-order chi connectivity index (χ1) is 7.68. The molecule has 1 fully saturated rings. The Morgan fingerprint density at radius 1 is 1.38 bits per heavy atom. The van der Waals surface area contributed by atoms with Gasteiger partial charge in [0.1, 0.15) is 0 Å². The van der Waals surface area contributed by atoms with Gasteiger partial charge in [0.05, 0.1) is 4.92 Å². The Labute approximate surface area is 92.0 Å². The molecule has 2 rings (SSSR count). The average Bonchev–Trinajstić information content (AvgIpc) is 2.30. The number of anilines is 1. The zero-order chi connectivity index (χ0) is 11.5. The first kappa shape index (κ1) is 10.8. The van der Waals surface area contributed by atoms with Crippen molar-refractivity contribution in [2.24, 2.45) is 0 Å². The molecule has 1 heterocycles. The molecule has 0 saturated carbocycles. The molecule has 1 N–H and O–H groups in total. The maximum atomic E-state index is 13.1. The van der Waals surface area contributed by atoms with E-state index in [2.05, 4.69) is 5.32 Å². The number of nitrogens with zero attached hydrogens (tertiary/aromatic N) is 2. The van der Waals surface area contributed by atoms with Crippen molar-refractivity contribution >= 4 is 11.4 Å². The average molecular weight is 225 g/mol. The minimum atomic E-state index is -0.788. The van der Waals surface area contributed by atoms with E-state index in [1.807, 2.05) is 4.90 Å². The highest BCUT2D eigenvalue weighted by Crippen LogP contribution is 2.24. The fourth-order valence-corrected chi connectivity index (χ4v) is 1.76. The van der Waals surface area contributed by atoms with Crippen molar-refractivity contribution < 1.29 is 9.31 Å². The van der Waals surface area contributed by atoms with Gasteiger partial charge in [0, 0.05) is 37.9 Å². The van der Waals surface area contributed by atoms with Crippen molar-refractivity contribution in [3.8, 4) is 0 Å². The number of rotatable bonds is 2. The van der Waals surface area contributed by atoms with E-state index < -0.39 is 16.4 Å². The van der Waals surface area contributed by atoms with Crippen molar-refractivity contribution in [3.05, 3.63) is 34.1 Å². The van der Waals surface area contributed by atoms with Crippen molar-refractivity contribution in [2.75, 3.05) is 31.1 Å². The van der Waals surface area contributed by atoms with E-state index in [0.717, 1.165) is 32.2 Å². The molecule has 16 heavy (non-hydrogen) atoms. The van der Waals surface area contributed by atoms with E-state index in [1.165, 1.54) is 6.07 Å². The number of hydrogen-bond acceptors (Lipinski definition) is 4. The first-order valence-corrected chi connectivity index (χ1v) is 5.08. The lowest BCUT2D eigenvalue weighted by Crippen LogP contribution is -2.43. The molecule has 0 unspecified atom stereocenters. The summed E-state index contributed by atoms with van der Waals surface area (Å²) in [6.07, 6.45) is 0. The summed E-state index contributed by atoms with van der Waals surface area (Å²) in [5.74, 6) is -0.788. The molecule has 86 valence electrons. The van der Waals surface area contributed by atoms with Crippen LogP contribution in [0.4, 0.5) is 15.8 Å². The Balaban J connectivity index is 2.27. The van der Waals surface area contributed by atoms with Crippen molar-refractivity contribution in [1.82, 2.24) is 5.32 Å². The van der Waals surface area contributed by atoms with Crippen molar-refractivity contribution in [2.45, 2.75) is 0 Å². The van der Waals surface area contributed by atoms with Crippen LogP contribution in [-0.4, -0.2) is 31.1 Å². The second-order valence-electron chi connectivity index (χ2n) is 3.63. The van der Waals surface area contributed by atoms with Gasteiger partial charge in [-0.2, -0.15) is 4.39 Å². The SMILES string of the molecule is O=[N+]([O-])c1cc(N2CCNCC2)ccc1F. The molecule has 0 atom stereocenters. The lowest BCUT2D eigenvalue weighted by molar-refractivity contribution is -0.387. The molecule has 1 aromatic carbocycles. The molecule has 0 amide bonds. The molecular weight excluding hydrogens is 213 g/mol. The van der Waals surface area contributed by atoms with E-state index in [9.17, 15) is 14.5 Å². The molecule has 0 aromatic heterocycles. The van der Waals surface area contributed by atoms with Gasteiger partial charge in [0.25, 0.3) is 0 Å². The van der Waals surface area contributed by atoms with Gasteiger partial charge in [-0.15, -0.1) is 0 Å². The second-order valence-corrected chi connectivity index (χ2v) is 3.63. The van der Waals surface area contributed by atoms with Crippen LogP contribution in [0.5, 0.6) is 0 Å². The highest BCUT2D eigenvalue weighted by molar-refractivity contribution is 5.54. The summed E-state index contributed by atoms with van der Waals surface area (Å²) in [4.78, 5) is 11.9. The molecule has 1 aromatic rings. The van der Waals surface area contributed by atoms with Crippen LogP contribution in [0.25, 0.3) is 0 Å². The van der Waals surface area contributed by atoms with Gasteiger partial charge >= 0.3 is 5.69 Å². The Morgan fingerprint density at radius 2 is 2.06 bits per heavy atom. The number of nitro groups is 1. The smallest absolute Gasteiger partial charge is 0.306 e. The van der Waals surface area contributed by atoms with Gasteiger partial charge in [-0.3, -0.25) is 10.1 Å². The minimum absolute atomic E-state index is 0.462. The fraction of sp³-hybridized carbons (Fsp3) is 0.400. The molecular formula is C10H12FN3O2. The molecule has 0 bridgehead atoms. The van der Waals surface area contributed by atoms with E-state index >= 15 is 0 Å². The van der Waals surface area contributed by atoms with E-state index in [0.29, 0.717) is 5.69 Å². The number of benzene rings is 1. The fourth-order valence-electron chi connectivity index (χ4n) is 1.76. The minimum Gasteiger partial charge on any atom is -0.369 e. The van der Waals surface area contributed by atoms with Gasteiger partial charge in [-0.1, -0.05) is 0 Å². The second kappa shape index (κ2) is 4.44. The zero-order valence-corrected chi connectivity index (χ0v) is 8.65. The predicted molar refractivity (Wildman–Crippen MR) is 58.1 cm³/mol. The van der Waals surface area contributed by atoms with Gasteiger partial charge < -0.3 is 10.2 Å². The van der Waals surface area contributed by atoms with Gasteiger partial charge in [0.15, 0.2) is 0 Å². The Hall–Kier alpha value is -1.69. The monoisotopic (exact) mass is 225 g/mol. The Kier molecular flexibility index (Phi) is 3.00. The lowest BCUT2D eigenvalue weighted by atomic mass is 10.2. The number of nitro benzene ring substituents is 1. The number of halogens is 1. The highest BCUT2D eigenvalue weighted by Gasteiger charge is 2.18. The van der Waals surface area contributed by atoms with Crippen LogP contribution in [0.3, 0.4) is 0 Å². The quantitative estimate of drug-likeness (QED) is 0.605. The maximum absolute atomic E-state index is 13.1. The number of piperazine rings is 1. The number of hydrogen-bond donors (Lipinski definition) is 1. The lowest BCUT2D eigenvalue weighted by Gasteiger charge is -2.29. The van der Waals surface area contributed by atoms with Crippen LogP contribution in [0.2, 0.25) is 0 Å². The highest BCUT2D eigenvalue weighted by atomic mass is 19.1. The molecule has 1 aliphatic rings. The molecule has 5 nitrogen and oxygen atoms in total. The standard InChI is InChI=1S/C10H12FN3O2/c11-9-2-1-8(7-10(9)14(15)16)13-5-3-12-4-6-13/h1-2,7,12H,3-6H2. The summed E-state index contributed by atoms with van der Waals surface area (Å²) in [5, 5.41) is 13.8. The summed E-state index contributed by atoms with van der Waals surface area (Å²) < 4.78 is 13.1. The van der Waals surface area contributed by atoms with Gasteiger partial charge in [-0.05, 0) is 12.1 Å². The van der Waals surface area contributed by atoms with Crippen molar-refractivity contribution in [1.29, 1.82) is 0 Å². The van der Waals surface area contributed by atoms with Gasteiger partial charge in [-0.25, -0.2) is 0 Å². The topological polar surface area (TPSA) is 58.4 Å². The van der Waals surface area contributed by atoms with Crippen LogP contribution >= 0.6 is 0 Å². The third-order valence-corrected chi connectivity index (χ3v) is 2.61. The van der Waals surface area contributed by atoms with Crippen LogP contribution in [-0.2, 0) is 0 Å². The largest absolute Gasteiger partial charge is 0.369 e. The summed E-state index contributed by atoms with van der Waals surface area (Å²) in [6.45, 7) is 3.24. The zero-order valence-electron chi connectivity index (χ0n) is 8.65. The summed E-state index contributed by atoms with van der Waals surface area (Å²) in [6, 6.07) is 4.02. The van der Waals surface area contributed by atoms with E-state index in [-0.39, 0.29) is 0 Å². The van der Waals surface area contributed by atoms with Crippen molar-refractivity contribution in [3.63, 3.8) is 0 Å². The summed E-state index contributed by atoms with van der Waals surface area (Å²) in [5.41, 5.74) is 0.241. The summed E-state index contributed by atoms with van der Waals surface area (Å²) in [7, 11) is 0. The first-order valence-electron chi connectivity index (χ1n) is 5.08. The Bertz CT molecular complexity index is 405. The third-order valence-electron chi connectivity index (χ3n) is 2.61. The predicted octanol–water partition coefficient (Wildman–Crippen LogP) is 1.14. The van der Waals surface area contributed by atoms with Crippen LogP contribution in [0.1, 0.15) is 0 Å². The molecule has 0 aliphatic carbocycles. The van der Waals surface area contributed by atoms with E-state index in [4.69, 9.17) is 0 Å². The van der Waals surface area contributed by atoms with Crippen LogP contribution in [0, 0.1) is 15.9 Å². The molecule has 0 radical (unpaired) electrons. The maximum Gasteiger partial charge on any atom is 0.306 e. The summed E-state index contributed by atoms with van der Waals surface area (Å²) >= 11 is 0.